The van der Waals surface area contributed by atoms with E-state index in [1.54, 1.807) is 6.08 Å². The first-order valence-corrected chi connectivity index (χ1v) is 6.54. The lowest BCUT2D eigenvalue weighted by Gasteiger charge is -2.26. The number of rotatable bonds is 2. The minimum absolute atomic E-state index is 0.201. The second-order valence-corrected chi connectivity index (χ2v) is 4.83. The van der Waals surface area contributed by atoms with E-state index in [-0.39, 0.29) is 5.91 Å². The van der Waals surface area contributed by atoms with Gasteiger partial charge >= 0.3 is 0 Å². The summed E-state index contributed by atoms with van der Waals surface area (Å²) in [6, 6.07) is 0. The van der Waals surface area contributed by atoms with E-state index in [9.17, 15) is 4.79 Å². The van der Waals surface area contributed by atoms with E-state index in [2.05, 4.69) is 11.4 Å². The Kier molecular flexibility index (Phi) is 4.40. The molecule has 0 bridgehead atoms. The first-order valence-electron chi connectivity index (χ1n) is 6.54. The number of nitrogens with zero attached hydrogens (tertiary/aromatic N) is 1. The van der Waals surface area contributed by atoms with Crippen molar-refractivity contribution in [2.45, 2.75) is 32.1 Å². The van der Waals surface area contributed by atoms with Gasteiger partial charge < -0.3 is 10.2 Å². The lowest BCUT2D eigenvalue weighted by molar-refractivity contribution is -0.126. The lowest BCUT2D eigenvalue weighted by atomic mass is 9.89. The molecule has 0 atom stereocenters. The van der Waals surface area contributed by atoms with Crippen LogP contribution in [0.1, 0.15) is 32.1 Å². The number of nitrogens with one attached hydrogen (secondary N) is 1. The molecule has 3 heteroatoms. The Morgan fingerprint density at radius 2 is 1.81 bits per heavy atom. The summed E-state index contributed by atoms with van der Waals surface area (Å²) >= 11 is 0. The molecule has 1 saturated heterocycles. The Morgan fingerprint density at radius 1 is 1.12 bits per heavy atom. The Bertz CT molecular complexity index is 251. The molecule has 1 aliphatic carbocycles. The number of piperazine rings is 1. The molecule has 1 N–H and O–H groups in total. The van der Waals surface area contributed by atoms with Gasteiger partial charge in [0, 0.05) is 26.2 Å². The molecule has 16 heavy (non-hydrogen) atoms. The molecule has 0 unspecified atom stereocenters. The molecule has 1 aliphatic heterocycles. The number of carbonyl (C=O) groups excluding carboxylic acids is 1. The molecule has 0 aromatic heterocycles. The molecule has 1 heterocycles. The van der Waals surface area contributed by atoms with E-state index in [1.165, 1.54) is 32.1 Å². The minimum atomic E-state index is 0.201. The van der Waals surface area contributed by atoms with Crippen molar-refractivity contribution in [1.82, 2.24) is 10.2 Å². The molecule has 2 aliphatic rings. The van der Waals surface area contributed by atoms with Crippen LogP contribution < -0.4 is 5.32 Å². The van der Waals surface area contributed by atoms with Gasteiger partial charge in [-0.2, -0.15) is 0 Å². The van der Waals surface area contributed by atoms with Gasteiger partial charge in [0.2, 0.25) is 5.91 Å². The van der Waals surface area contributed by atoms with Crippen LogP contribution >= 0.6 is 0 Å². The van der Waals surface area contributed by atoms with Crippen molar-refractivity contribution >= 4 is 5.91 Å². The van der Waals surface area contributed by atoms with Crippen LogP contribution in [0, 0.1) is 5.92 Å². The SMILES string of the molecule is O=C(C=CC1CCCCC1)N1CCNCC1. The Balaban J connectivity index is 1.78. The molecular formula is C13H22N2O. The van der Waals surface area contributed by atoms with E-state index in [0.29, 0.717) is 5.92 Å². The van der Waals surface area contributed by atoms with Gasteiger partial charge in [0.05, 0.1) is 0 Å². The number of carbonyl (C=O) groups is 1. The fourth-order valence-corrected chi connectivity index (χ4v) is 2.54. The van der Waals surface area contributed by atoms with E-state index >= 15 is 0 Å². The first kappa shape index (κ1) is 11.6. The smallest absolute Gasteiger partial charge is 0.246 e. The Morgan fingerprint density at radius 3 is 2.50 bits per heavy atom. The van der Waals surface area contributed by atoms with Crippen LogP contribution in [-0.2, 0) is 4.79 Å². The van der Waals surface area contributed by atoms with Crippen LogP contribution in [0.4, 0.5) is 0 Å². The van der Waals surface area contributed by atoms with Crippen LogP contribution in [0.3, 0.4) is 0 Å². The molecule has 1 saturated carbocycles. The highest BCUT2D eigenvalue weighted by molar-refractivity contribution is 5.87. The number of allylic oxidation sites excluding steroid dienone is 1. The topological polar surface area (TPSA) is 32.3 Å². The lowest BCUT2D eigenvalue weighted by Crippen LogP contribution is -2.45. The molecular weight excluding hydrogens is 200 g/mol. The number of amides is 1. The van der Waals surface area contributed by atoms with Crippen molar-refractivity contribution in [3.05, 3.63) is 12.2 Å². The van der Waals surface area contributed by atoms with Crippen LogP contribution in [0.5, 0.6) is 0 Å². The summed E-state index contributed by atoms with van der Waals surface area (Å²) in [5, 5.41) is 3.26. The fraction of sp³-hybridized carbons (Fsp3) is 0.769. The molecule has 2 rings (SSSR count). The van der Waals surface area contributed by atoms with Crippen molar-refractivity contribution in [3.63, 3.8) is 0 Å². The fourth-order valence-electron chi connectivity index (χ4n) is 2.54. The molecule has 0 aromatic rings. The van der Waals surface area contributed by atoms with Gasteiger partial charge in [0.15, 0.2) is 0 Å². The zero-order valence-corrected chi connectivity index (χ0v) is 9.95. The predicted molar refractivity (Wildman–Crippen MR) is 65.2 cm³/mol. The zero-order chi connectivity index (χ0) is 11.2. The van der Waals surface area contributed by atoms with Gasteiger partial charge in [-0.15, -0.1) is 0 Å². The van der Waals surface area contributed by atoms with Gasteiger partial charge in [-0.1, -0.05) is 25.3 Å². The van der Waals surface area contributed by atoms with E-state index in [1.807, 2.05) is 4.90 Å². The van der Waals surface area contributed by atoms with E-state index in [4.69, 9.17) is 0 Å². The second kappa shape index (κ2) is 6.04. The summed E-state index contributed by atoms with van der Waals surface area (Å²) in [4.78, 5) is 13.8. The van der Waals surface area contributed by atoms with Crippen LogP contribution in [0.15, 0.2) is 12.2 Å². The maximum Gasteiger partial charge on any atom is 0.246 e. The van der Waals surface area contributed by atoms with Crippen molar-refractivity contribution in [1.29, 1.82) is 0 Å². The molecule has 0 aromatic carbocycles. The third-order valence-electron chi connectivity index (χ3n) is 3.59. The molecule has 1 amide bonds. The van der Waals surface area contributed by atoms with Gasteiger partial charge in [0.25, 0.3) is 0 Å². The minimum Gasteiger partial charge on any atom is -0.337 e. The largest absolute Gasteiger partial charge is 0.337 e. The zero-order valence-electron chi connectivity index (χ0n) is 9.95. The van der Waals surface area contributed by atoms with Crippen LogP contribution in [-0.4, -0.2) is 37.0 Å². The third-order valence-corrected chi connectivity index (χ3v) is 3.59. The Hall–Kier alpha value is -0.830. The number of hydrogen-bond donors (Lipinski definition) is 1. The molecule has 0 radical (unpaired) electrons. The molecule has 3 nitrogen and oxygen atoms in total. The average molecular weight is 222 g/mol. The predicted octanol–water partition coefficient (Wildman–Crippen LogP) is 1.55. The van der Waals surface area contributed by atoms with Gasteiger partial charge in [-0.3, -0.25) is 4.79 Å². The van der Waals surface area contributed by atoms with E-state index in [0.717, 1.165) is 26.2 Å². The first-order chi connectivity index (χ1) is 7.86. The highest BCUT2D eigenvalue weighted by atomic mass is 16.2. The molecule has 0 spiro atoms. The van der Waals surface area contributed by atoms with Crippen LogP contribution in [0.25, 0.3) is 0 Å². The van der Waals surface area contributed by atoms with Crippen LogP contribution in [0.2, 0.25) is 0 Å². The quantitative estimate of drug-likeness (QED) is 0.719. The van der Waals surface area contributed by atoms with Crippen molar-refractivity contribution in [2.24, 2.45) is 5.92 Å². The molecule has 90 valence electrons. The normalized spacial score (nSPS) is 23.9. The van der Waals surface area contributed by atoms with E-state index < -0.39 is 0 Å². The van der Waals surface area contributed by atoms with Gasteiger partial charge in [-0.25, -0.2) is 0 Å². The monoisotopic (exact) mass is 222 g/mol. The average Bonchev–Trinajstić information content (AvgIpc) is 2.38. The maximum atomic E-state index is 11.9. The van der Waals surface area contributed by atoms with Crippen molar-refractivity contribution < 1.29 is 4.79 Å². The summed E-state index contributed by atoms with van der Waals surface area (Å²) < 4.78 is 0. The summed E-state index contributed by atoms with van der Waals surface area (Å²) in [5.41, 5.74) is 0. The highest BCUT2D eigenvalue weighted by Gasteiger charge is 2.15. The summed E-state index contributed by atoms with van der Waals surface area (Å²) in [6.07, 6.45) is 10.5. The number of hydrogen-bond acceptors (Lipinski definition) is 2. The van der Waals surface area contributed by atoms with Gasteiger partial charge in [-0.05, 0) is 24.8 Å². The van der Waals surface area contributed by atoms with Crippen molar-refractivity contribution in [3.8, 4) is 0 Å². The Labute approximate surface area is 97.9 Å². The standard InChI is InChI=1S/C13H22N2O/c16-13(15-10-8-14-9-11-15)7-6-12-4-2-1-3-5-12/h6-7,12,14H,1-5,8-11H2. The van der Waals surface area contributed by atoms with Crippen molar-refractivity contribution in [2.75, 3.05) is 26.2 Å². The summed E-state index contributed by atoms with van der Waals surface area (Å²) in [7, 11) is 0. The second-order valence-electron chi connectivity index (χ2n) is 4.83. The summed E-state index contributed by atoms with van der Waals surface area (Å²) in [6.45, 7) is 3.58. The third kappa shape index (κ3) is 3.34. The maximum absolute atomic E-state index is 11.9. The molecule has 2 fully saturated rings. The van der Waals surface area contributed by atoms with Gasteiger partial charge in [0.1, 0.15) is 0 Å². The highest BCUT2D eigenvalue weighted by Crippen LogP contribution is 2.24. The summed E-state index contributed by atoms with van der Waals surface area (Å²) in [5.74, 6) is 0.854.